The van der Waals surface area contributed by atoms with Crippen LogP contribution in [-0.2, 0) is 4.74 Å². The molecule has 0 heterocycles. The van der Waals surface area contributed by atoms with Crippen LogP contribution in [-0.4, -0.2) is 42.2 Å². The van der Waals surface area contributed by atoms with Gasteiger partial charge in [-0.2, -0.15) is 0 Å². The maximum absolute atomic E-state index is 5.83. The number of methoxy groups -OCH3 is 1. The van der Waals surface area contributed by atoms with Crippen molar-refractivity contribution in [1.82, 2.24) is 4.90 Å². The molecule has 94 valence electrons. The third-order valence-electron chi connectivity index (χ3n) is 3.50. The molecule has 1 fully saturated rings. The molecule has 1 aliphatic carbocycles. The normalized spacial score (nSPS) is 19.8. The standard InChI is InChI=1S/C12H24N2OS/c1-4-11(12(13)16)14(7-8-15-3)9(2)10-5-6-10/h9-11H,4-8H2,1-3H3,(H2,13,16). The number of nitrogens with two attached hydrogens (primary N) is 1. The van der Waals surface area contributed by atoms with Crippen LogP contribution in [0.2, 0.25) is 0 Å². The van der Waals surface area contributed by atoms with Crippen molar-refractivity contribution in [2.75, 3.05) is 20.3 Å². The molecule has 0 saturated heterocycles. The molecule has 4 heteroatoms. The Morgan fingerprint density at radius 2 is 2.19 bits per heavy atom. The van der Waals surface area contributed by atoms with Gasteiger partial charge in [0.15, 0.2) is 0 Å². The second-order valence-electron chi connectivity index (χ2n) is 4.64. The van der Waals surface area contributed by atoms with Gasteiger partial charge in [-0.05, 0) is 32.1 Å². The molecule has 0 radical (unpaired) electrons. The Hall–Kier alpha value is -0.190. The zero-order chi connectivity index (χ0) is 12.1. The highest BCUT2D eigenvalue weighted by molar-refractivity contribution is 7.80. The lowest BCUT2D eigenvalue weighted by Gasteiger charge is -2.35. The van der Waals surface area contributed by atoms with Gasteiger partial charge in [-0.25, -0.2) is 0 Å². The van der Waals surface area contributed by atoms with E-state index in [-0.39, 0.29) is 6.04 Å². The number of thiocarbonyl (C=S) groups is 1. The SMILES string of the molecule is CCC(C(N)=S)N(CCOC)C(C)C1CC1. The highest BCUT2D eigenvalue weighted by Crippen LogP contribution is 2.36. The van der Waals surface area contributed by atoms with Crippen LogP contribution in [0, 0.1) is 5.92 Å². The molecule has 0 aliphatic heterocycles. The first-order valence-corrected chi connectivity index (χ1v) is 6.56. The molecule has 2 N–H and O–H groups in total. The topological polar surface area (TPSA) is 38.5 Å². The second-order valence-corrected chi connectivity index (χ2v) is 5.11. The van der Waals surface area contributed by atoms with Gasteiger partial charge in [-0.3, -0.25) is 4.90 Å². The van der Waals surface area contributed by atoms with Crippen LogP contribution in [0.15, 0.2) is 0 Å². The van der Waals surface area contributed by atoms with Crippen LogP contribution < -0.4 is 5.73 Å². The van der Waals surface area contributed by atoms with E-state index in [4.69, 9.17) is 22.7 Å². The summed E-state index contributed by atoms with van der Waals surface area (Å²) < 4.78 is 5.17. The molecule has 0 aromatic heterocycles. The van der Waals surface area contributed by atoms with Gasteiger partial charge in [-0.1, -0.05) is 19.1 Å². The first kappa shape index (κ1) is 13.9. The van der Waals surface area contributed by atoms with Gasteiger partial charge in [0.25, 0.3) is 0 Å². The summed E-state index contributed by atoms with van der Waals surface area (Å²) in [6.07, 6.45) is 3.67. The fourth-order valence-corrected chi connectivity index (χ4v) is 2.59. The first-order chi connectivity index (χ1) is 7.61. The van der Waals surface area contributed by atoms with Crippen molar-refractivity contribution in [3.63, 3.8) is 0 Å². The van der Waals surface area contributed by atoms with Crippen LogP contribution in [0.4, 0.5) is 0 Å². The number of nitrogens with zero attached hydrogens (tertiary/aromatic N) is 1. The summed E-state index contributed by atoms with van der Waals surface area (Å²) >= 11 is 5.16. The minimum atomic E-state index is 0.223. The Bertz CT molecular complexity index is 231. The first-order valence-electron chi connectivity index (χ1n) is 6.15. The van der Waals surface area contributed by atoms with Crippen LogP contribution in [0.3, 0.4) is 0 Å². The second kappa shape index (κ2) is 6.52. The van der Waals surface area contributed by atoms with E-state index in [1.807, 2.05) is 0 Å². The molecule has 1 saturated carbocycles. The molecule has 2 unspecified atom stereocenters. The van der Waals surface area contributed by atoms with Gasteiger partial charge >= 0.3 is 0 Å². The number of ether oxygens (including phenoxy) is 1. The highest BCUT2D eigenvalue weighted by Gasteiger charge is 2.35. The summed E-state index contributed by atoms with van der Waals surface area (Å²) in [6, 6.07) is 0.794. The van der Waals surface area contributed by atoms with Crippen molar-refractivity contribution in [3.05, 3.63) is 0 Å². The van der Waals surface area contributed by atoms with E-state index in [2.05, 4.69) is 18.7 Å². The molecule has 1 rings (SSSR count). The Kier molecular flexibility index (Phi) is 5.66. The van der Waals surface area contributed by atoms with Crippen LogP contribution >= 0.6 is 12.2 Å². The van der Waals surface area contributed by atoms with E-state index in [1.54, 1.807) is 7.11 Å². The molecular weight excluding hydrogens is 220 g/mol. The summed E-state index contributed by atoms with van der Waals surface area (Å²) in [5.41, 5.74) is 5.83. The van der Waals surface area contributed by atoms with E-state index in [0.29, 0.717) is 11.0 Å². The van der Waals surface area contributed by atoms with Crippen LogP contribution in [0.25, 0.3) is 0 Å². The third kappa shape index (κ3) is 3.68. The maximum atomic E-state index is 5.83. The molecule has 2 atom stereocenters. The van der Waals surface area contributed by atoms with E-state index in [0.717, 1.165) is 25.5 Å². The predicted molar refractivity (Wildman–Crippen MR) is 71.6 cm³/mol. The average Bonchev–Trinajstić information content (AvgIpc) is 3.06. The fraction of sp³-hybridized carbons (Fsp3) is 0.917. The van der Waals surface area contributed by atoms with Crippen molar-refractivity contribution in [1.29, 1.82) is 0 Å². The smallest absolute Gasteiger partial charge is 0.0902 e. The third-order valence-corrected chi connectivity index (χ3v) is 3.77. The Balaban J connectivity index is 2.62. The number of rotatable bonds is 8. The lowest BCUT2D eigenvalue weighted by Crippen LogP contribution is -2.50. The number of hydrogen-bond donors (Lipinski definition) is 1. The van der Waals surface area contributed by atoms with Crippen LogP contribution in [0.1, 0.15) is 33.1 Å². The molecular formula is C12H24N2OS. The summed E-state index contributed by atoms with van der Waals surface area (Å²) in [5, 5.41) is 0. The van der Waals surface area contributed by atoms with Crippen molar-refractivity contribution >= 4 is 17.2 Å². The monoisotopic (exact) mass is 244 g/mol. The summed E-state index contributed by atoms with van der Waals surface area (Å²) in [4.78, 5) is 3.04. The van der Waals surface area contributed by atoms with E-state index in [1.165, 1.54) is 12.8 Å². The lowest BCUT2D eigenvalue weighted by atomic mass is 10.1. The van der Waals surface area contributed by atoms with Gasteiger partial charge in [0.05, 0.1) is 17.6 Å². The molecule has 1 aliphatic rings. The minimum absolute atomic E-state index is 0.223. The Morgan fingerprint density at radius 1 is 1.56 bits per heavy atom. The molecule has 16 heavy (non-hydrogen) atoms. The minimum Gasteiger partial charge on any atom is -0.392 e. The van der Waals surface area contributed by atoms with E-state index < -0.39 is 0 Å². The van der Waals surface area contributed by atoms with Crippen molar-refractivity contribution in [3.8, 4) is 0 Å². The molecule has 0 aromatic rings. The van der Waals surface area contributed by atoms with E-state index >= 15 is 0 Å². The van der Waals surface area contributed by atoms with Gasteiger partial charge in [0, 0.05) is 19.7 Å². The molecule has 0 amide bonds. The van der Waals surface area contributed by atoms with Crippen molar-refractivity contribution in [2.45, 2.75) is 45.2 Å². The van der Waals surface area contributed by atoms with Gasteiger partial charge < -0.3 is 10.5 Å². The Labute approximate surface area is 104 Å². The Morgan fingerprint density at radius 3 is 2.56 bits per heavy atom. The van der Waals surface area contributed by atoms with Crippen molar-refractivity contribution in [2.24, 2.45) is 11.7 Å². The van der Waals surface area contributed by atoms with Gasteiger partial charge in [0.2, 0.25) is 0 Å². The summed E-state index contributed by atoms with van der Waals surface area (Å²) in [5.74, 6) is 0.834. The average molecular weight is 244 g/mol. The predicted octanol–water partition coefficient (Wildman–Crippen LogP) is 1.80. The highest BCUT2D eigenvalue weighted by atomic mass is 32.1. The summed E-state index contributed by atoms with van der Waals surface area (Å²) in [7, 11) is 1.74. The fourth-order valence-electron chi connectivity index (χ4n) is 2.29. The zero-order valence-corrected chi connectivity index (χ0v) is 11.4. The van der Waals surface area contributed by atoms with E-state index in [9.17, 15) is 0 Å². The number of hydrogen-bond acceptors (Lipinski definition) is 3. The molecule has 0 spiro atoms. The molecule has 0 aromatic carbocycles. The molecule has 0 bridgehead atoms. The summed E-state index contributed by atoms with van der Waals surface area (Å²) in [6.45, 7) is 6.09. The lowest BCUT2D eigenvalue weighted by molar-refractivity contribution is 0.101. The van der Waals surface area contributed by atoms with Crippen molar-refractivity contribution < 1.29 is 4.74 Å². The maximum Gasteiger partial charge on any atom is 0.0902 e. The zero-order valence-electron chi connectivity index (χ0n) is 10.6. The van der Waals surface area contributed by atoms with Gasteiger partial charge in [0.1, 0.15) is 0 Å². The van der Waals surface area contributed by atoms with Gasteiger partial charge in [-0.15, -0.1) is 0 Å². The quantitative estimate of drug-likeness (QED) is 0.661. The largest absolute Gasteiger partial charge is 0.392 e. The molecule has 3 nitrogen and oxygen atoms in total. The van der Waals surface area contributed by atoms with Crippen LogP contribution in [0.5, 0.6) is 0 Å².